The standard InChI is InChI=1S/C22H25N3O4/c1-5-29-19-11-6-15(13-23)12-18(19)24-22(27)20(14(2)3)25-21(26)16-7-9-17(28-4)10-8-16/h6-12,14,20H,5H2,1-4H3,(H,24,27)(H,25,26). The minimum atomic E-state index is -0.773. The number of methoxy groups -OCH3 is 1. The first-order valence-electron chi connectivity index (χ1n) is 9.32. The highest BCUT2D eigenvalue weighted by molar-refractivity contribution is 6.02. The van der Waals surface area contributed by atoms with Crippen LogP contribution in [-0.4, -0.2) is 31.6 Å². The van der Waals surface area contributed by atoms with Gasteiger partial charge in [0.2, 0.25) is 5.91 Å². The lowest BCUT2D eigenvalue weighted by atomic mass is 10.0. The van der Waals surface area contributed by atoms with Gasteiger partial charge in [0, 0.05) is 5.56 Å². The monoisotopic (exact) mass is 395 g/mol. The van der Waals surface area contributed by atoms with E-state index in [-0.39, 0.29) is 11.8 Å². The van der Waals surface area contributed by atoms with Gasteiger partial charge in [0.1, 0.15) is 17.5 Å². The van der Waals surface area contributed by atoms with E-state index in [0.717, 1.165) is 0 Å². The zero-order valence-corrected chi connectivity index (χ0v) is 17.0. The summed E-state index contributed by atoms with van der Waals surface area (Å²) >= 11 is 0. The van der Waals surface area contributed by atoms with Crippen molar-refractivity contribution in [2.45, 2.75) is 26.8 Å². The lowest BCUT2D eigenvalue weighted by Crippen LogP contribution is -2.47. The molecule has 0 saturated heterocycles. The molecule has 152 valence electrons. The molecule has 1 unspecified atom stereocenters. The summed E-state index contributed by atoms with van der Waals surface area (Å²) in [5, 5.41) is 14.7. The second kappa shape index (κ2) is 10.1. The fraction of sp³-hybridized carbons (Fsp3) is 0.318. The summed E-state index contributed by atoms with van der Waals surface area (Å²) in [5.41, 5.74) is 1.21. The van der Waals surface area contributed by atoms with E-state index < -0.39 is 11.9 Å². The first-order valence-corrected chi connectivity index (χ1v) is 9.32. The number of nitrogens with one attached hydrogen (secondary N) is 2. The average molecular weight is 395 g/mol. The third-order valence-corrected chi connectivity index (χ3v) is 4.25. The van der Waals surface area contributed by atoms with Gasteiger partial charge in [0.15, 0.2) is 0 Å². The average Bonchev–Trinajstić information content (AvgIpc) is 2.72. The minimum absolute atomic E-state index is 0.160. The van der Waals surface area contributed by atoms with Crippen LogP contribution in [-0.2, 0) is 4.79 Å². The van der Waals surface area contributed by atoms with E-state index in [0.29, 0.717) is 34.9 Å². The molecule has 0 fully saturated rings. The molecule has 7 heteroatoms. The van der Waals surface area contributed by atoms with Crippen molar-refractivity contribution < 1.29 is 19.1 Å². The molecule has 0 aliphatic heterocycles. The minimum Gasteiger partial charge on any atom is -0.497 e. The number of nitrogens with zero attached hydrogens (tertiary/aromatic N) is 1. The van der Waals surface area contributed by atoms with E-state index in [2.05, 4.69) is 10.6 Å². The van der Waals surface area contributed by atoms with Crippen molar-refractivity contribution in [2.75, 3.05) is 19.0 Å². The SMILES string of the molecule is CCOc1ccc(C#N)cc1NC(=O)C(NC(=O)c1ccc(OC)cc1)C(C)C. The maximum Gasteiger partial charge on any atom is 0.251 e. The molecule has 0 saturated carbocycles. The Hall–Kier alpha value is -3.53. The molecule has 2 aromatic carbocycles. The van der Waals surface area contributed by atoms with Gasteiger partial charge in [-0.25, -0.2) is 0 Å². The Morgan fingerprint density at radius 3 is 2.38 bits per heavy atom. The highest BCUT2D eigenvalue weighted by Crippen LogP contribution is 2.26. The molecule has 1 atom stereocenters. The van der Waals surface area contributed by atoms with Gasteiger partial charge in [0.25, 0.3) is 5.91 Å². The molecule has 0 spiro atoms. The Morgan fingerprint density at radius 1 is 1.14 bits per heavy atom. The molecular formula is C22H25N3O4. The number of rotatable bonds is 8. The topological polar surface area (TPSA) is 100 Å². The van der Waals surface area contributed by atoms with Gasteiger partial charge in [-0.2, -0.15) is 5.26 Å². The van der Waals surface area contributed by atoms with Gasteiger partial charge in [0.05, 0.1) is 31.0 Å². The molecule has 2 N–H and O–H groups in total. The van der Waals surface area contributed by atoms with Crippen molar-refractivity contribution in [3.63, 3.8) is 0 Å². The van der Waals surface area contributed by atoms with Gasteiger partial charge < -0.3 is 20.1 Å². The van der Waals surface area contributed by atoms with Crippen molar-refractivity contribution in [1.82, 2.24) is 5.32 Å². The first-order chi connectivity index (χ1) is 13.9. The molecule has 0 aliphatic carbocycles. The largest absolute Gasteiger partial charge is 0.497 e. The van der Waals surface area contributed by atoms with Gasteiger partial charge in [-0.05, 0) is 55.3 Å². The number of nitriles is 1. The number of hydrogen-bond acceptors (Lipinski definition) is 5. The Labute approximate surface area is 170 Å². The van der Waals surface area contributed by atoms with Crippen LogP contribution in [0.15, 0.2) is 42.5 Å². The third kappa shape index (κ3) is 5.72. The number of amides is 2. The maximum absolute atomic E-state index is 12.9. The van der Waals surface area contributed by atoms with E-state index in [1.165, 1.54) is 0 Å². The van der Waals surface area contributed by atoms with Crippen molar-refractivity contribution in [2.24, 2.45) is 5.92 Å². The van der Waals surface area contributed by atoms with Crippen molar-refractivity contribution in [3.8, 4) is 17.6 Å². The number of carbonyl (C=O) groups is 2. The number of ether oxygens (including phenoxy) is 2. The highest BCUT2D eigenvalue weighted by atomic mass is 16.5. The predicted molar refractivity (Wildman–Crippen MR) is 110 cm³/mol. The zero-order chi connectivity index (χ0) is 21.4. The summed E-state index contributed by atoms with van der Waals surface area (Å²) < 4.78 is 10.6. The van der Waals surface area contributed by atoms with Crippen molar-refractivity contribution >= 4 is 17.5 Å². The van der Waals surface area contributed by atoms with Gasteiger partial charge in [-0.1, -0.05) is 13.8 Å². The van der Waals surface area contributed by atoms with E-state index >= 15 is 0 Å². The predicted octanol–water partition coefficient (Wildman–Crippen LogP) is 3.36. The van der Waals surface area contributed by atoms with Crippen LogP contribution in [0.2, 0.25) is 0 Å². The fourth-order valence-electron chi connectivity index (χ4n) is 2.69. The van der Waals surface area contributed by atoms with Crippen LogP contribution in [0.3, 0.4) is 0 Å². The second-order valence-electron chi connectivity index (χ2n) is 6.67. The van der Waals surface area contributed by atoms with Crippen LogP contribution < -0.4 is 20.1 Å². The van der Waals surface area contributed by atoms with E-state index in [9.17, 15) is 9.59 Å². The van der Waals surface area contributed by atoms with Crippen LogP contribution in [0.4, 0.5) is 5.69 Å². The van der Waals surface area contributed by atoms with Crippen LogP contribution in [0.25, 0.3) is 0 Å². The number of carbonyl (C=O) groups excluding carboxylic acids is 2. The summed E-state index contributed by atoms with van der Waals surface area (Å²) in [5.74, 6) is 0.187. The Bertz CT molecular complexity index is 901. The molecule has 0 bridgehead atoms. The quantitative estimate of drug-likeness (QED) is 0.714. The first kappa shape index (κ1) is 21.8. The molecule has 29 heavy (non-hydrogen) atoms. The Kier molecular flexibility index (Phi) is 7.61. The number of anilines is 1. The summed E-state index contributed by atoms with van der Waals surface area (Å²) in [4.78, 5) is 25.5. The van der Waals surface area contributed by atoms with E-state index in [1.807, 2.05) is 26.8 Å². The van der Waals surface area contributed by atoms with Crippen molar-refractivity contribution in [1.29, 1.82) is 5.26 Å². The molecule has 7 nitrogen and oxygen atoms in total. The molecule has 2 amide bonds. The van der Waals surface area contributed by atoms with Crippen LogP contribution in [0, 0.1) is 17.2 Å². The molecule has 0 heterocycles. The van der Waals surface area contributed by atoms with Gasteiger partial charge in [-0.3, -0.25) is 9.59 Å². The maximum atomic E-state index is 12.9. The number of hydrogen-bond donors (Lipinski definition) is 2. The van der Waals surface area contributed by atoms with Gasteiger partial charge in [-0.15, -0.1) is 0 Å². The molecule has 2 rings (SSSR count). The van der Waals surface area contributed by atoms with Gasteiger partial charge >= 0.3 is 0 Å². The smallest absolute Gasteiger partial charge is 0.251 e. The van der Waals surface area contributed by atoms with Crippen LogP contribution >= 0.6 is 0 Å². The zero-order valence-electron chi connectivity index (χ0n) is 17.0. The van der Waals surface area contributed by atoms with Crippen LogP contribution in [0.5, 0.6) is 11.5 Å². The Balaban J connectivity index is 2.19. The summed E-state index contributed by atoms with van der Waals surface area (Å²) in [6, 6.07) is 12.7. The number of benzene rings is 2. The fourth-order valence-corrected chi connectivity index (χ4v) is 2.69. The lowest BCUT2D eigenvalue weighted by molar-refractivity contribution is -0.118. The summed E-state index contributed by atoms with van der Waals surface area (Å²) in [6.45, 7) is 5.92. The normalized spacial score (nSPS) is 11.3. The second-order valence-corrected chi connectivity index (χ2v) is 6.67. The highest BCUT2D eigenvalue weighted by Gasteiger charge is 2.25. The Morgan fingerprint density at radius 2 is 1.83 bits per heavy atom. The van der Waals surface area contributed by atoms with Crippen molar-refractivity contribution in [3.05, 3.63) is 53.6 Å². The summed E-state index contributed by atoms with van der Waals surface area (Å²) in [7, 11) is 1.55. The molecule has 2 aromatic rings. The lowest BCUT2D eigenvalue weighted by Gasteiger charge is -2.22. The molecule has 0 radical (unpaired) electrons. The third-order valence-electron chi connectivity index (χ3n) is 4.25. The molecule has 0 aromatic heterocycles. The van der Waals surface area contributed by atoms with Crippen LogP contribution in [0.1, 0.15) is 36.7 Å². The molecule has 0 aliphatic rings. The van der Waals surface area contributed by atoms with E-state index in [4.69, 9.17) is 14.7 Å². The van der Waals surface area contributed by atoms with E-state index in [1.54, 1.807) is 49.6 Å². The molecular weight excluding hydrogens is 370 g/mol. The summed E-state index contributed by atoms with van der Waals surface area (Å²) in [6.07, 6.45) is 0.